The van der Waals surface area contributed by atoms with Crippen LogP contribution in [-0.4, -0.2) is 49.3 Å². The fraction of sp³-hybridized carbons (Fsp3) is 0.654. The standard InChI is InChI=1S/C81H136NO8P/c1-3-5-7-9-11-13-15-17-19-21-23-25-27-29-31-33-35-37-38-39-40-42-43-45-47-49-51-53-55-57-59-61-63-65-67-69-71-73-80(83)87-77-79(78-89-91(85,86)88-76-75-82)90-81(84)74-72-70-68-66-64-62-60-58-56-54-52-50-48-46-44-41-36-34-32-30-28-26-24-22-20-18-16-14-12-10-8-6-4-2/h5-8,11-14,17-20,23-26,29-32,35-37,41,46,48,79H,3-4,9-10,15-16,21-22,27-28,33-34,38-40,42-45,47,49-78,82H2,1-2H3,(H,85,86)/b7-5-,8-6-,13-11-,14-12-,19-17-,20-18-,25-23-,26-24-,31-29-,32-30-,37-35-,41-36-,48-46-. The van der Waals surface area contributed by atoms with E-state index in [0.29, 0.717) is 6.42 Å². The summed E-state index contributed by atoms with van der Waals surface area (Å²) in [5.41, 5.74) is 5.41. The van der Waals surface area contributed by atoms with E-state index in [-0.39, 0.29) is 38.6 Å². The normalized spacial score (nSPS) is 13.8. The van der Waals surface area contributed by atoms with Crippen molar-refractivity contribution in [2.75, 3.05) is 26.4 Å². The zero-order valence-electron chi connectivity index (χ0n) is 58.3. The number of rotatable bonds is 68. The van der Waals surface area contributed by atoms with Crippen molar-refractivity contribution in [3.8, 4) is 0 Å². The van der Waals surface area contributed by atoms with Crippen LogP contribution in [0.25, 0.3) is 0 Å². The minimum Gasteiger partial charge on any atom is -0.462 e. The highest BCUT2D eigenvalue weighted by Gasteiger charge is 2.26. The van der Waals surface area contributed by atoms with Crippen LogP contribution in [-0.2, 0) is 32.7 Å². The van der Waals surface area contributed by atoms with Crippen LogP contribution < -0.4 is 5.73 Å². The van der Waals surface area contributed by atoms with E-state index >= 15 is 0 Å². The van der Waals surface area contributed by atoms with Gasteiger partial charge in [-0.15, -0.1) is 0 Å². The lowest BCUT2D eigenvalue weighted by molar-refractivity contribution is -0.161. The van der Waals surface area contributed by atoms with E-state index in [1.165, 1.54) is 148 Å². The maximum absolute atomic E-state index is 12.8. The van der Waals surface area contributed by atoms with E-state index in [0.717, 1.165) is 128 Å². The number of phosphoric ester groups is 1. The van der Waals surface area contributed by atoms with Gasteiger partial charge in [0.25, 0.3) is 0 Å². The number of carbonyl (C=O) groups excluding carboxylic acids is 2. The third kappa shape index (κ3) is 74.5. The van der Waals surface area contributed by atoms with Gasteiger partial charge >= 0.3 is 19.8 Å². The van der Waals surface area contributed by atoms with Crippen LogP contribution in [0.3, 0.4) is 0 Å². The van der Waals surface area contributed by atoms with Gasteiger partial charge in [-0.05, 0) is 122 Å². The molecule has 0 aromatic rings. The summed E-state index contributed by atoms with van der Waals surface area (Å²) in [7, 11) is -4.40. The zero-order valence-corrected chi connectivity index (χ0v) is 59.2. The molecule has 0 spiro atoms. The van der Waals surface area contributed by atoms with Gasteiger partial charge in [0.05, 0.1) is 13.2 Å². The Morgan fingerprint density at radius 2 is 0.571 bits per heavy atom. The second kappa shape index (κ2) is 74.7. The number of esters is 2. The molecular weight excluding hydrogens is 1150 g/mol. The largest absolute Gasteiger partial charge is 0.472 e. The molecule has 0 rings (SSSR count). The molecule has 0 aliphatic heterocycles. The molecule has 2 atom stereocenters. The highest BCUT2D eigenvalue weighted by atomic mass is 31.2. The molecule has 0 amide bonds. The predicted molar refractivity (Wildman–Crippen MR) is 394 cm³/mol. The number of nitrogens with two attached hydrogens (primary N) is 1. The number of phosphoric acid groups is 1. The lowest BCUT2D eigenvalue weighted by Gasteiger charge is -2.19. The van der Waals surface area contributed by atoms with Gasteiger partial charge in [0.15, 0.2) is 6.10 Å². The van der Waals surface area contributed by atoms with Gasteiger partial charge in [-0.1, -0.05) is 332 Å². The first-order chi connectivity index (χ1) is 44.8. The molecule has 91 heavy (non-hydrogen) atoms. The zero-order chi connectivity index (χ0) is 65.8. The smallest absolute Gasteiger partial charge is 0.462 e. The van der Waals surface area contributed by atoms with Crippen molar-refractivity contribution in [2.45, 2.75) is 315 Å². The number of unbranched alkanes of at least 4 members (excludes halogenated alkanes) is 29. The Labute approximate surface area is 559 Å². The van der Waals surface area contributed by atoms with E-state index < -0.39 is 26.5 Å². The summed E-state index contributed by atoms with van der Waals surface area (Å²) >= 11 is 0. The fourth-order valence-electron chi connectivity index (χ4n) is 10.0. The van der Waals surface area contributed by atoms with Crippen molar-refractivity contribution in [1.82, 2.24) is 0 Å². The third-order valence-electron chi connectivity index (χ3n) is 15.4. The Morgan fingerprint density at radius 1 is 0.330 bits per heavy atom. The van der Waals surface area contributed by atoms with E-state index in [1.807, 2.05) is 0 Å². The Morgan fingerprint density at radius 3 is 0.846 bits per heavy atom. The van der Waals surface area contributed by atoms with Crippen LogP contribution >= 0.6 is 7.82 Å². The van der Waals surface area contributed by atoms with E-state index in [9.17, 15) is 19.0 Å². The van der Waals surface area contributed by atoms with E-state index in [1.54, 1.807) is 0 Å². The molecule has 0 aliphatic carbocycles. The monoisotopic (exact) mass is 1280 g/mol. The Hall–Kier alpha value is -4.37. The lowest BCUT2D eigenvalue weighted by atomic mass is 10.0. The Balaban J connectivity index is 3.89. The van der Waals surface area contributed by atoms with Crippen molar-refractivity contribution >= 4 is 19.8 Å². The fourth-order valence-corrected chi connectivity index (χ4v) is 10.8. The van der Waals surface area contributed by atoms with Crippen LogP contribution in [0.4, 0.5) is 0 Å². The molecule has 0 saturated carbocycles. The first-order valence-electron chi connectivity index (χ1n) is 37.0. The van der Waals surface area contributed by atoms with Gasteiger partial charge in [0, 0.05) is 19.4 Å². The van der Waals surface area contributed by atoms with Gasteiger partial charge in [-0.2, -0.15) is 0 Å². The highest BCUT2D eigenvalue weighted by Crippen LogP contribution is 2.43. The summed E-state index contributed by atoms with van der Waals surface area (Å²) in [5, 5.41) is 0. The van der Waals surface area contributed by atoms with Crippen LogP contribution in [0.5, 0.6) is 0 Å². The quantitative estimate of drug-likeness (QED) is 0.0264. The molecule has 2 unspecified atom stereocenters. The number of carbonyl (C=O) groups is 2. The average Bonchev–Trinajstić information content (AvgIpc) is 3.74. The van der Waals surface area contributed by atoms with Crippen molar-refractivity contribution < 1.29 is 37.6 Å². The minimum absolute atomic E-state index is 0.0474. The molecular formula is C81H136NO8P. The van der Waals surface area contributed by atoms with Crippen LogP contribution in [0.15, 0.2) is 158 Å². The first-order valence-corrected chi connectivity index (χ1v) is 38.5. The van der Waals surface area contributed by atoms with Gasteiger partial charge in [-0.3, -0.25) is 18.6 Å². The van der Waals surface area contributed by atoms with Gasteiger partial charge in [0.1, 0.15) is 6.61 Å². The summed E-state index contributed by atoms with van der Waals surface area (Å²) in [6.45, 7) is 3.53. The van der Waals surface area contributed by atoms with E-state index in [2.05, 4.69) is 172 Å². The molecule has 0 aromatic carbocycles. The molecule has 0 bridgehead atoms. The molecule has 0 radical (unpaired) electrons. The summed E-state index contributed by atoms with van der Waals surface area (Å²) < 4.78 is 33.2. The number of ether oxygens (including phenoxy) is 2. The molecule has 0 saturated heterocycles. The Kier molecular flexibility index (Phi) is 71.1. The number of hydrogen-bond acceptors (Lipinski definition) is 8. The SMILES string of the molecule is CC/C=C\C/C=C\C/C=C\C/C=C\C/C=C\C/C=C\C/C=C\CCCCCCCCCCCCCC(=O)OC(COC(=O)CCCCCCCCCCCCCCCCCCCC/C=C\C/C=C\C/C=C\C/C=C\C/C=C\C/C=C\CC)COP(=O)(O)OCCN. The van der Waals surface area contributed by atoms with Crippen LogP contribution in [0.2, 0.25) is 0 Å². The topological polar surface area (TPSA) is 134 Å². The Bertz CT molecular complexity index is 2050. The van der Waals surface area contributed by atoms with Crippen LogP contribution in [0, 0.1) is 0 Å². The summed E-state index contributed by atoms with van der Waals surface area (Å²) in [6, 6.07) is 0. The number of hydrogen-bond donors (Lipinski definition) is 2. The van der Waals surface area contributed by atoms with Crippen molar-refractivity contribution in [2.24, 2.45) is 5.73 Å². The van der Waals surface area contributed by atoms with E-state index in [4.69, 9.17) is 24.3 Å². The van der Waals surface area contributed by atoms with Crippen molar-refractivity contribution in [3.63, 3.8) is 0 Å². The summed E-state index contributed by atoms with van der Waals surface area (Å²) in [4.78, 5) is 35.4. The molecule has 3 N–H and O–H groups in total. The third-order valence-corrected chi connectivity index (χ3v) is 16.4. The molecule has 0 heterocycles. The highest BCUT2D eigenvalue weighted by molar-refractivity contribution is 7.47. The predicted octanol–water partition coefficient (Wildman–Crippen LogP) is 24.7. The maximum Gasteiger partial charge on any atom is 0.472 e. The minimum atomic E-state index is -4.40. The summed E-state index contributed by atoms with van der Waals surface area (Å²) in [6.07, 6.45) is 109. The molecule has 0 aromatic heterocycles. The molecule has 0 fully saturated rings. The molecule has 518 valence electrons. The van der Waals surface area contributed by atoms with Gasteiger partial charge < -0.3 is 20.1 Å². The molecule has 0 aliphatic rings. The summed E-state index contributed by atoms with van der Waals surface area (Å²) in [5.74, 6) is -0.829. The van der Waals surface area contributed by atoms with Gasteiger partial charge in [-0.25, -0.2) is 4.57 Å². The number of allylic oxidation sites excluding steroid dienone is 26. The second-order valence-electron chi connectivity index (χ2n) is 24.0. The first kappa shape index (κ1) is 86.6. The molecule has 9 nitrogen and oxygen atoms in total. The van der Waals surface area contributed by atoms with Crippen molar-refractivity contribution in [3.05, 3.63) is 158 Å². The second-order valence-corrected chi connectivity index (χ2v) is 25.5. The molecule has 10 heteroatoms. The lowest BCUT2D eigenvalue weighted by Crippen LogP contribution is -2.29. The average molecular weight is 1280 g/mol. The van der Waals surface area contributed by atoms with Crippen molar-refractivity contribution in [1.29, 1.82) is 0 Å². The van der Waals surface area contributed by atoms with Gasteiger partial charge in [0.2, 0.25) is 0 Å². The maximum atomic E-state index is 12.8. The van der Waals surface area contributed by atoms with Crippen LogP contribution in [0.1, 0.15) is 309 Å².